The Balaban J connectivity index is 1.49. The minimum absolute atomic E-state index is 0.0560. The van der Waals surface area contributed by atoms with E-state index in [9.17, 15) is 24.0 Å². The summed E-state index contributed by atoms with van der Waals surface area (Å²) >= 11 is 0. The average molecular weight is 446 g/mol. The van der Waals surface area contributed by atoms with Crippen molar-refractivity contribution in [2.45, 2.75) is 0 Å². The van der Waals surface area contributed by atoms with Crippen LogP contribution in [0.5, 0.6) is 28.7 Å². The largest absolute Gasteiger partial charge is 0.493 e. The minimum atomic E-state index is -1.28. The molecule has 0 atom stereocenters. The first-order chi connectivity index (χ1) is 15.9. The van der Waals surface area contributed by atoms with Crippen LogP contribution in [0.4, 0.5) is 0 Å². The molecule has 9 nitrogen and oxygen atoms in total. The Morgan fingerprint density at radius 3 is 2.12 bits per heavy atom. The molecular weight excluding hydrogens is 432 g/mol. The highest BCUT2D eigenvalue weighted by Crippen LogP contribution is 2.38. The number of hydrogen-bond acceptors (Lipinski definition) is 9. The molecule has 0 amide bonds. The number of benzene rings is 3. The molecule has 1 aliphatic carbocycles. The summed E-state index contributed by atoms with van der Waals surface area (Å²) in [5.41, 5.74) is 0.587. The van der Waals surface area contributed by atoms with Gasteiger partial charge in [0.05, 0.1) is 18.2 Å². The summed E-state index contributed by atoms with van der Waals surface area (Å²) in [4.78, 5) is 56.7. The van der Waals surface area contributed by atoms with Gasteiger partial charge in [-0.05, 0) is 54.6 Å². The molecule has 0 N–H and O–H groups in total. The van der Waals surface area contributed by atoms with Gasteiger partial charge in [-0.15, -0.1) is 0 Å². The normalized spacial score (nSPS) is 11.7. The summed E-state index contributed by atoms with van der Waals surface area (Å²) in [5.74, 6) is -1.80. The van der Waals surface area contributed by atoms with E-state index < -0.39 is 23.5 Å². The Bertz CT molecular complexity index is 1310. The standard InChI is InChI=1S/C24H14O9/c1-30-20-11-16(32-18-8-4-14-10-17(18)23(28)22(14)27)7-9-19(20)31-15-5-2-13(3-6-15)24(29)33-21(26)12-25/h2-12H,1H3. The topological polar surface area (TPSA) is 122 Å². The number of esters is 2. The summed E-state index contributed by atoms with van der Waals surface area (Å²) in [6.45, 7) is 0. The number of Topliss-reactive ketones (excluding diaryl/α,β-unsaturated/α-hetero) is 2. The van der Waals surface area contributed by atoms with Gasteiger partial charge in [0.2, 0.25) is 17.9 Å². The molecule has 0 radical (unpaired) electrons. The molecule has 0 unspecified atom stereocenters. The van der Waals surface area contributed by atoms with Crippen molar-refractivity contribution in [3.05, 3.63) is 77.4 Å². The molecule has 0 fully saturated rings. The van der Waals surface area contributed by atoms with Crippen molar-refractivity contribution < 1.29 is 42.9 Å². The zero-order valence-electron chi connectivity index (χ0n) is 17.0. The van der Waals surface area contributed by atoms with E-state index in [0.29, 0.717) is 28.6 Å². The van der Waals surface area contributed by atoms with Crippen LogP contribution >= 0.6 is 0 Å². The first-order valence-corrected chi connectivity index (χ1v) is 9.48. The summed E-state index contributed by atoms with van der Waals surface area (Å²) in [7, 11) is 1.44. The quantitative estimate of drug-likeness (QED) is 0.232. The summed E-state index contributed by atoms with van der Waals surface area (Å²) < 4.78 is 21.2. The van der Waals surface area contributed by atoms with E-state index in [1.807, 2.05) is 0 Å². The number of ketones is 2. The SMILES string of the molecule is COc1cc(Oc2ccc3cc2C(=O)C3=O)ccc1Oc1ccc(C(=O)OC(=O)C=O)cc1. The van der Waals surface area contributed by atoms with Crippen molar-refractivity contribution in [2.24, 2.45) is 0 Å². The maximum Gasteiger partial charge on any atom is 0.379 e. The van der Waals surface area contributed by atoms with Gasteiger partial charge in [-0.25, -0.2) is 9.59 Å². The lowest BCUT2D eigenvalue weighted by atomic mass is 10.2. The van der Waals surface area contributed by atoms with Crippen LogP contribution in [0.1, 0.15) is 31.1 Å². The van der Waals surface area contributed by atoms with Crippen LogP contribution in [0.3, 0.4) is 0 Å². The molecule has 4 rings (SSSR count). The first kappa shape index (κ1) is 21.4. The third-order valence-electron chi connectivity index (χ3n) is 4.66. The van der Waals surface area contributed by atoms with E-state index >= 15 is 0 Å². The third kappa shape index (κ3) is 4.33. The number of hydrogen-bond donors (Lipinski definition) is 0. The lowest BCUT2D eigenvalue weighted by Gasteiger charge is -2.13. The van der Waals surface area contributed by atoms with Crippen molar-refractivity contribution in [3.8, 4) is 28.7 Å². The molecule has 2 bridgehead atoms. The first-order valence-electron chi connectivity index (χ1n) is 9.48. The molecule has 0 aromatic heterocycles. The van der Waals surface area contributed by atoms with Gasteiger partial charge < -0.3 is 18.9 Å². The molecule has 0 heterocycles. The van der Waals surface area contributed by atoms with Crippen molar-refractivity contribution >= 4 is 29.8 Å². The summed E-state index contributed by atoms with van der Waals surface area (Å²) in [6.07, 6.45) is -0.101. The molecule has 0 saturated heterocycles. The maximum absolute atomic E-state index is 12.0. The monoisotopic (exact) mass is 446 g/mol. The van der Waals surface area contributed by atoms with E-state index in [4.69, 9.17) is 14.2 Å². The van der Waals surface area contributed by atoms with Crippen LogP contribution in [0.25, 0.3) is 0 Å². The van der Waals surface area contributed by atoms with E-state index in [1.54, 1.807) is 24.3 Å². The van der Waals surface area contributed by atoms with Crippen LogP contribution < -0.4 is 14.2 Å². The highest BCUT2D eigenvalue weighted by Gasteiger charge is 2.30. The van der Waals surface area contributed by atoms with Crippen molar-refractivity contribution in [2.75, 3.05) is 7.11 Å². The van der Waals surface area contributed by atoms with Crippen LogP contribution in [-0.2, 0) is 14.3 Å². The number of fused-ring (bicyclic) bond motifs is 2. The van der Waals surface area contributed by atoms with E-state index in [0.717, 1.165) is 0 Å². The smallest absolute Gasteiger partial charge is 0.379 e. The minimum Gasteiger partial charge on any atom is -0.493 e. The van der Waals surface area contributed by atoms with Crippen molar-refractivity contribution in [1.82, 2.24) is 0 Å². The second kappa shape index (κ2) is 8.75. The number of methoxy groups -OCH3 is 1. The summed E-state index contributed by atoms with van der Waals surface area (Å²) in [5, 5.41) is 0. The Kier molecular flexibility index (Phi) is 5.69. The fraction of sp³-hybridized carbons (Fsp3) is 0.0417. The lowest BCUT2D eigenvalue weighted by molar-refractivity contribution is -0.144. The van der Waals surface area contributed by atoms with Gasteiger partial charge in [0.15, 0.2) is 11.5 Å². The van der Waals surface area contributed by atoms with Gasteiger partial charge >= 0.3 is 11.9 Å². The zero-order chi connectivity index (χ0) is 23.5. The molecule has 164 valence electrons. The van der Waals surface area contributed by atoms with E-state index in [2.05, 4.69) is 4.74 Å². The fourth-order valence-electron chi connectivity index (χ4n) is 3.07. The number of aldehydes is 1. The molecular formula is C24H14O9. The predicted octanol–water partition coefficient (Wildman–Crippen LogP) is 3.54. The highest BCUT2D eigenvalue weighted by atomic mass is 16.6. The molecule has 1 aliphatic rings. The molecule has 3 aromatic carbocycles. The van der Waals surface area contributed by atoms with E-state index in [-0.39, 0.29) is 23.2 Å². The summed E-state index contributed by atoms with van der Waals surface area (Å²) in [6, 6.07) is 15.0. The lowest BCUT2D eigenvalue weighted by Crippen LogP contribution is -2.13. The van der Waals surface area contributed by atoms with Crippen LogP contribution in [0.2, 0.25) is 0 Å². The Morgan fingerprint density at radius 1 is 0.758 bits per heavy atom. The highest BCUT2D eigenvalue weighted by molar-refractivity contribution is 6.52. The number of carbonyl (C=O) groups is 5. The van der Waals surface area contributed by atoms with Crippen LogP contribution in [0.15, 0.2) is 60.7 Å². The van der Waals surface area contributed by atoms with Gasteiger partial charge in [-0.2, -0.15) is 0 Å². The van der Waals surface area contributed by atoms with Crippen LogP contribution in [0, 0.1) is 0 Å². The molecule has 0 saturated carbocycles. The Hall–Kier alpha value is -4.79. The zero-order valence-corrected chi connectivity index (χ0v) is 17.0. The number of carbonyl (C=O) groups excluding carboxylic acids is 5. The second-order valence-electron chi connectivity index (χ2n) is 6.74. The second-order valence-corrected chi connectivity index (χ2v) is 6.74. The van der Waals surface area contributed by atoms with Gasteiger partial charge in [0.1, 0.15) is 17.2 Å². The maximum atomic E-state index is 12.0. The van der Waals surface area contributed by atoms with Crippen molar-refractivity contribution in [3.63, 3.8) is 0 Å². The molecule has 9 heteroatoms. The Morgan fingerprint density at radius 2 is 1.42 bits per heavy atom. The molecule has 33 heavy (non-hydrogen) atoms. The average Bonchev–Trinajstić information content (AvgIpc) is 3.06. The Labute approximate surface area is 186 Å². The van der Waals surface area contributed by atoms with Gasteiger partial charge in [-0.3, -0.25) is 14.4 Å². The third-order valence-corrected chi connectivity index (χ3v) is 4.66. The van der Waals surface area contributed by atoms with Gasteiger partial charge in [-0.1, -0.05) is 0 Å². The van der Waals surface area contributed by atoms with Gasteiger partial charge in [0.25, 0.3) is 0 Å². The van der Waals surface area contributed by atoms with Gasteiger partial charge in [0, 0.05) is 11.6 Å². The number of ether oxygens (including phenoxy) is 4. The predicted molar refractivity (Wildman–Crippen MR) is 111 cm³/mol. The molecule has 0 spiro atoms. The van der Waals surface area contributed by atoms with E-state index in [1.165, 1.54) is 43.5 Å². The van der Waals surface area contributed by atoms with Crippen LogP contribution in [-0.4, -0.2) is 36.9 Å². The number of rotatable bonds is 7. The molecule has 0 aliphatic heterocycles. The van der Waals surface area contributed by atoms with Crippen molar-refractivity contribution in [1.29, 1.82) is 0 Å². The fourth-order valence-corrected chi connectivity index (χ4v) is 3.07. The molecule has 3 aromatic rings.